The first kappa shape index (κ1) is 17.5. The summed E-state index contributed by atoms with van der Waals surface area (Å²) in [4.78, 5) is 17.4. The molecule has 2 heterocycles. The van der Waals surface area contributed by atoms with Crippen molar-refractivity contribution in [3.63, 3.8) is 0 Å². The second-order valence-electron chi connectivity index (χ2n) is 8.30. The van der Waals surface area contributed by atoms with Gasteiger partial charge in [0, 0.05) is 30.5 Å². The second-order valence-corrected chi connectivity index (χ2v) is 9.22. The summed E-state index contributed by atoms with van der Waals surface area (Å²) >= 11 is 3.55. The van der Waals surface area contributed by atoms with Gasteiger partial charge < -0.3 is 4.90 Å². The highest BCUT2D eigenvalue weighted by Gasteiger charge is 2.38. The molecule has 3 aliphatic rings. The average molecular weight is 405 g/mol. The normalized spacial score (nSPS) is 27.6. The zero-order valence-corrected chi connectivity index (χ0v) is 16.6. The quantitative estimate of drug-likeness (QED) is 0.746. The number of nitrogens with zero attached hydrogens (tertiary/aromatic N) is 2. The van der Waals surface area contributed by atoms with Crippen molar-refractivity contribution in [1.82, 2.24) is 9.80 Å². The SMILES string of the molecule is O=C(CC1CCN(Cc2cccc(Br)c2)CC1)N1CC2CCCC2C1. The van der Waals surface area contributed by atoms with E-state index in [9.17, 15) is 4.79 Å². The van der Waals surface area contributed by atoms with Crippen molar-refractivity contribution in [1.29, 1.82) is 0 Å². The first-order chi connectivity index (χ1) is 12.2. The monoisotopic (exact) mass is 404 g/mol. The molecule has 2 saturated heterocycles. The molecule has 0 spiro atoms. The fourth-order valence-electron chi connectivity index (χ4n) is 5.06. The number of fused-ring (bicyclic) bond motifs is 1. The molecule has 0 radical (unpaired) electrons. The Bertz CT molecular complexity index is 600. The van der Waals surface area contributed by atoms with Gasteiger partial charge in [0.15, 0.2) is 0 Å². The molecule has 2 unspecified atom stereocenters. The number of likely N-dealkylation sites (tertiary alicyclic amines) is 2. The van der Waals surface area contributed by atoms with Gasteiger partial charge in [0.25, 0.3) is 0 Å². The van der Waals surface area contributed by atoms with Crippen LogP contribution in [-0.4, -0.2) is 41.9 Å². The molecular formula is C21H29BrN2O. The summed E-state index contributed by atoms with van der Waals surface area (Å²) in [7, 11) is 0. The first-order valence-electron chi connectivity index (χ1n) is 9.92. The summed E-state index contributed by atoms with van der Waals surface area (Å²) in [6.45, 7) is 5.36. The summed E-state index contributed by atoms with van der Waals surface area (Å²) in [6.07, 6.45) is 7.20. The van der Waals surface area contributed by atoms with Crippen LogP contribution in [-0.2, 0) is 11.3 Å². The van der Waals surface area contributed by atoms with Crippen LogP contribution in [0.4, 0.5) is 0 Å². The van der Waals surface area contributed by atoms with Gasteiger partial charge in [0.05, 0.1) is 0 Å². The highest BCUT2D eigenvalue weighted by Crippen LogP contribution is 2.38. The topological polar surface area (TPSA) is 23.6 Å². The Labute approximate surface area is 159 Å². The first-order valence-corrected chi connectivity index (χ1v) is 10.7. The minimum atomic E-state index is 0.430. The van der Waals surface area contributed by atoms with E-state index < -0.39 is 0 Å². The molecule has 2 aliphatic heterocycles. The van der Waals surface area contributed by atoms with Crippen molar-refractivity contribution < 1.29 is 4.79 Å². The summed E-state index contributed by atoms with van der Waals surface area (Å²) in [6, 6.07) is 8.59. The van der Waals surface area contributed by atoms with Gasteiger partial charge in [-0.2, -0.15) is 0 Å². The van der Waals surface area contributed by atoms with Gasteiger partial charge in [-0.3, -0.25) is 9.69 Å². The molecule has 1 amide bonds. The lowest BCUT2D eigenvalue weighted by molar-refractivity contribution is -0.131. The van der Waals surface area contributed by atoms with E-state index >= 15 is 0 Å². The molecule has 4 heteroatoms. The Morgan fingerprint density at radius 1 is 1.08 bits per heavy atom. The van der Waals surface area contributed by atoms with Gasteiger partial charge in [-0.1, -0.05) is 34.5 Å². The molecule has 1 saturated carbocycles. The maximum absolute atomic E-state index is 12.7. The van der Waals surface area contributed by atoms with Crippen LogP contribution in [0.5, 0.6) is 0 Å². The van der Waals surface area contributed by atoms with Crippen LogP contribution in [0.1, 0.15) is 44.1 Å². The number of hydrogen-bond donors (Lipinski definition) is 0. The lowest BCUT2D eigenvalue weighted by Gasteiger charge is -2.32. The number of rotatable bonds is 4. The van der Waals surface area contributed by atoms with Crippen molar-refractivity contribution in [2.75, 3.05) is 26.2 Å². The van der Waals surface area contributed by atoms with E-state index in [1.54, 1.807) is 0 Å². The number of piperidine rings is 1. The molecular weight excluding hydrogens is 376 g/mol. The van der Waals surface area contributed by atoms with Crippen molar-refractivity contribution in [3.8, 4) is 0 Å². The molecule has 3 fully saturated rings. The Kier molecular flexibility index (Phi) is 5.47. The van der Waals surface area contributed by atoms with Gasteiger partial charge in [-0.15, -0.1) is 0 Å². The molecule has 1 aromatic rings. The van der Waals surface area contributed by atoms with Crippen LogP contribution in [0.15, 0.2) is 28.7 Å². The second kappa shape index (κ2) is 7.79. The van der Waals surface area contributed by atoms with Crippen LogP contribution < -0.4 is 0 Å². The number of hydrogen-bond acceptors (Lipinski definition) is 2. The molecule has 4 rings (SSSR count). The van der Waals surface area contributed by atoms with Gasteiger partial charge in [0.1, 0.15) is 0 Å². The Hall–Kier alpha value is -0.870. The predicted octanol–water partition coefficient (Wildman–Crippen LogP) is 4.31. The lowest BCUT2D eigenvalue weighted by atomic mass is 9.92. The van der Waals surface area contributed by atoms with Crippen molar-refractivity contribution in [2.45, 2.75) is 45.1 Å². The Morgan fingerprint density at radius 3 is 2.48 bits per heavy atom. The van der Waals surface area contributed by atoms with Crippen molar-refractivity contribution in [3.05, 3.63) is 34.3 Å². The van der Waals surface area contributed by atoms with Crippen molar-refractivity contribution >= 4 is 21.8 Å². The fourth-order valence-corrected chi connectivity index (χ4v) is 5.50. The third-order valence-corrected chi connectivity index (χ3v) is 7.04. The van der Waals surface area contributed by atoms with E-state index in [1.165, 1.54) is 37.7 Å². The number of halogens is 1. The van der Waals surface area contributed by atoms with E-state index in [1.807, 2.05) is 0 Å². The van der Waals surface area contributed by atoms with E-state index in [4.69, 9.17) is 0 Å². The molecule has 25 heavy (non-hydrogen) atoms. The fraction of sp³-hybridized carbons (Fsp3) is 0.667. The average Bonchev–Trinajstić information content (AvgIpc) is 3.18. The smallest absolute Gasteiger partial charge is 0.222 e. The van der Waals surface area contributed by atoms with Crippen LogP contribution in [0.25, 0.3) is 0 Å². The van der Waals surface area contributed by atoms with Crippen LogP contribution in [0, 0.1) is 17.8 Å². The standard InChI is InChI=1S/C21H29BrN2O/c22-20-6-1-3-17(11-20)13-23-9-7-16(8-10-23)12-21(25)24-14-18-4-2-5-19(18)15-24/h1,3,6,11,16,18-19H,2,4-5,7-10,12-15H2. The summed E-state index contributed by atoms with van der Waals surface area (Å²) in [5.41, 5.74) is 1.37. The molecule has 0 aromatic heterocycles. The molecule has 2 atom stereocenters. The zero-order chi connectivity index (χ0) is 17.2. The summed E-state index contributed by atoms with van der Waals surface area (Å²) in [5.74, 6) is 2.65. The molecule has 136 valence electrons. The highest BCUT2D eigenvalue weighted by atomic mass is 79.9. The van der Waals surface area contributed by atoms with E-state index in [-0.39, 0.29) is 0 Å². The van der Waals surface area contributed by atoms with Gasteiger partial charge in [-0.25, -0.2) is 0 Å². The van der Waals surface area contributed by atoms with E-state index in [0.29, 0.717) is 11.8 Å². The zero-order valence-electron chi connectivity index (χ0n) is 15.0. The molecule has 3 nitrogen and oxygen atoms in total. The minimum absolute atomic E-state index is 0.430. The molecule has 0 bridgehead atoms. The number of carbonyl (C=O) groups excluding carboxylic acids is 1. The van der Waals surface area contributed by atoms with Gasteiger partial charge in [0.2, 0.25) is 5.91 Å². The van der Waals surface area contributed by atoms with E-state index in [0.717, 1.165) is 55.5 Å². The van der Waals surface area contributed by atoms with Crippen LogP contribution >= 0.6 is 15.9 Å². The van der Waals surface area contributed by atoms with Gasteiger partial charge in [-0.05, 0) is 74.2 Å². The summed E-state index contributed by atoms with van der Waals surface area (Å²) in [5, 5.41) is 0. The van der Waals surface area contributed by atoms with Gasteiger partial charge >= 0.3 is 0 Å². The minimum Gasteiger partial charge on any atom is -0.342 e. The lowest BCUT2D eigenvalue weighted by Crippen LogP contribution is -2.36. The molecule has 1 aromatic carbocycles. The van der Waals surface area contributed by atoms with Crippen LogP contribution in [0.3, 0.4) is 0 Å². The predicted molar refractivity (Wildman–Crippen MR) is 104 cm³/mol. The molecule has 1 aliphatic carbocycles. The summed E-state index contributed by atoms with van der Waals surface area (Å²) < 4.78 is 1.15. The third-order valence-electron chi connectivity index (χ3n) is 6.54. The van der Waals surface area contributed by atoms with Crippen molar-refractivity contribution in [2.24, 2.45) is 17.8 Å². The Balaban J connectivity index is 1.22. The third kappa shape index (κ3) is 4.28. The number of benzene rings is 1. The Morgan fingerprint density at radius 2 is 1.80 bits per heavy atom. The maximum atomic E-state index is 12.7. The maximum Gasteiger partial charge on any atom is 0.222 e. The molecule has 0 N–H and O–H groups in total. The number of carbonyl (C=O) groups is 1. The van der Waals surface area contributed by atoms with E-state index in [2.05, 4.69) is 50.0 Å². The number of amides is 1. The highest BCUT2D eigenvalue weighted by molar-refractivity contribution is 9.10. The largest absolute Gasteiger partial charge is 0.342 e. The van der Waals surface area contributed by atoms with Crippen LogP contribution in [0.2, 0.25) is 0 Å².